The van der Waals surface area contributed by atoms with E-state index in [9.17, 15) is 20.0 Å². The van der Waals surface area contributed by atoms with Crippen molar-refractivity contribution in [1.82, 2.24) is 0 Å². The van der Waals surface area contributed by atoms with E-state index >= 15 is 0 Å². The SMILES string of the molecule is C[C@H]1CCc2c(sc(NC(=O)C[C@H](C(=O)O)c3ccccc3)c2C#N)C1. The standard InChI is InChI=1S/C20H20N2O3S/c1-12-7-8-14-16(11-21)19(26-17(14)9-12)22-18(23)10-15(20(24)25)13-5-3-2-4-6-13/h2-6,12,15H,7-10H2,1H3,(H,22,23)(H,24,25)/t12-,15-/m0/s1. The van der Waals surface area contributed by atoms with Crippen molar-refractivity contribution in [2.75, 3.05) is 5.32 Å². The molecule has 3 rings (SSSR count). The number of hydrogen-bond donors (Lipinski definition) is 2. The number of amides is 1. The molecule has 1 aliphatic rings. The molecule has 6 heteroatoms. The monoisotopic (exact) mass is 368 g/mol. The van der Waals surface area contributed by atoms with Crippen LogP contribution in [0.5, 0.6) is 0 Å². The fourth-order valence-corrected chi connectivity index (χ4v) is 4.73. The van der Waals surface area contributed by atoms with E-state index in [4.69, 9.17) is 0 Å². The number of aliphatic carboxylic acids is 1. The normalized spacial score (nSPS) is 17.0. The fraction of sp³-hybridized carbons (Fsp3) is 0.350. The van der Waals surface area contributed by atoms with E-state index in [1.54, 1.807) is 30.3 Å². The van der Waals surface area contributed by atoms with Crippen LogP contribution in [0.3, 0.4) is 0 Å². The molecular formula is C20H20N2O3S. The van der Waals surface area contributed by atoms with E-state index in [1.165, 1.54) is 11.3 Å². The number of carbonyl (C=O) groups is 2. The molecule has 134 valence electrons. The van der Waals surface area contributed by atoms with Crippen LogP contribution in [0.1, 0.15) is 47.3 Å². The number of thiophene rings is 1. The first kappa shape index (κ1) is 18.2. The Morgan fingerprint density at radius 3 is 2.77 bits per heavy atom. The Morgan fingerprint density at radius 2 is 2.12 bits per heavy atom. The molecule has 0 saturated carbocycles. The summed E-state index contributed by atoms with van der Waals surface area (Å²) < 4.78 is 0. The van der Waals surface area contributed by atoms with Crippen molar-refractivity contribution in [2.45, 2.75) is 38.5 Å². The zero-order valence-electron chi connectivity index (χ0n) is 14.5. The lowest BCUT2D eigenvalue weighted by atomic mass is 9.88. The third kappa shape index (κ3) is 3.78. The molecule has 0 radical (unpaired) electrons. The van der Waals surface area contributed by atoms with E-state index in [0.717, 1.165) is 29.7 Å². The maximum atomic E-state index is 12.5. The molecule has 1 aromatic carbocycles. The van der Waals surface area contributed by atoms with Gasteiger partial charge in [0.15, 0.2) is 0 Å². The Bertz CT molecular complexity index is 867. The van der Waals surface area contributed by atoms with E-state index in [2.05, 4.69) is 18.3 Å². The minimum Gasteiger partial charge on any atom is -0.481 e. The number of carbonyl (C=O) groups excluding carboxylic acids is 1. The summed E-state index contributed by atoms with van der Waals surface area (Å²) in [6.07, 6.45) is 2.66. The van der Waals surface area contributed by atoms with Crippen molar-refractivity contribution < 1.29 is 14.7 Å². The number of fused-ring (bicyclic) bond motifs is 1. The molecule has 0 aliphatic heterocycles. The average molecular weight is 368 g/mol. The molecule has 0 fully saturated rings. The van der Waals surface area contributed by atoms with Gasteiger partial charge in [0.05, 0.1) is 11.5 Å². The van der Waals surface area contributed by atoms with Crippen LogP contribution in [-0.4, -0.2) is 17.0 Å². The number of benzene rings is 1. The number of nitriles is 1. The molecule has 5 nitrogen and oxygen atoms in total. The Balaban J connectivity index is 1.78. The molecule has 26 heavy (non-hydrogen) atoms. The summed E-state index contributed by atoms with van der Waals surface area (Å²) in [6, 6.07) is 10.9. The maximum Gasteiger partial charge on any atom is 0.311 e. The number of carboxylic acid groups (broad SMARTS) is 1. The van der Waals surface area contributed by atoms with Gasteiger partial charge in [0.25, 0.3) is 0 Å². The predicted octanol–water partition coefficient (Wildman–Crippen LogP) is 3.94. The highest BCUT2D eigenvalue weighted by atomic mass is 32.1. The molecular weight excluding hydrogens is 348 g/mol. The highest BCUT2D eigenvalue weighted by Gasteiger charge is 2.27. The van der Waals surface area contributed by atoms with Gasteiger partial charge in [-0.2, -0.15) is 5.26 Å². The van der Waals surface area contributed by atoms with Crippen LogP contribution in [0.25, 0.3) is 0 Å². The quantitative estimate of drug-likeness (QED) is 0.836. The Hall–Kier alpha value is -2.65. The summed E-state index contributed by atoms with van der Waals surface area (Å²) in [4.78, 5) is 25.2. The van der Waals surface area contributed by atoms with Gasteiger partial charge in [-0.25, -0.2) is 0 Å². The Morgan fingerprint density at radius 1 is 1.38 bits per heavy atom. The minimum atomic E-state index is -1.04. The molecule has 0 saturated heterocycles. The van der Waals surface area contributed by atoms with Gasteiger partial charge >= 0.3 is 5.97 Å². The van der Waals surface area contributed by atoms with Crippen LogP contribution < -0.4 is 5.32 Å². The van der Waals surface area contributed by atoms with Crippen LogP contribution in [0, 0.1) is 17.2 Å². The average Bonchev–Trinajstić information content (AvgIpc) is 2.95. The molecule has 2 N–H and O–H groups in total. The van der Waals surface area contributed by atoms with Crippen LogP contribution in [0.4, 0.5) is 5.00 Å². The van der Waals surface area contributed by atoms with Crippen LogP contribution >= 0.6 is 11.3 Å². The van der Waals surface area contributed by atoms with Crippen molar-refractivity contribution >= 4 is 28.2 Å². The van der Waals surface area contributed by atoms with Crippen molar-refractivity contribution in [3.63, 3.8) is 0 Å². The number of nitrogens with zero attached hydrogens (tertiary/aromatic N) is 1. The number of anilines is 1. The van der Waals surface area contributed by atoms with E-state index in [1.807, 2.05) is 0 Å². The first-order chi connectivity index (χ1) is 12.5. The summed E-state index contributed by atoms with van der Waals surface area (Å²) in [5.74, 6) is -1.75. The maximum absolute atomic E-state index is 12.5. The second kappa shape index (κ2) is 7.71. The lowest BCUT2D eigenvalue weighted by Gasteiger charge is -2.17. The number of carboxylic acids is 1. The van der Waals surface area contributed by atoms with Gasteiger partial charge in [0, 0.05) is 11.3 Å². The summed E-state index contributed by atoms with van der Waals surface area (Å²) >= 11 is 1.45. The molecule has 0 bridgehead atoms. The first-order valence-electron chi connectivity index (χ1n) is 8.61. The second-order valence-electron chi connectivity index (χ2n) is 6.72. The van der Waals surface area contributed by atoms with Crippen molar-refractivity contribution in [3.05, 3.63) is 51.9 Å². The van der Waals surface area contributed by atoms with E-state index in [-0.39, 0.29) is 12.3 Å². The van der Waals surface area contributed by atoms with E-state index in [0.29, 0.717) is 22.0 Å². The molecule has 1 heterocycles. The van der Waals surface area contributed by atoms with Gasteiger partial charge in [-0.15, -0.1) is 11.3 Å². The summed E-state index contributed by atoms with van der Waals surface area (Å²) in [5, 5.41) is 22.3. The lowest BCUT2D eigenvalue weighted by molar-refractivity contribution is -0.140. The third-order valence-corrected chi connectivity index (χ3v) is 5.94. The predicted molar refractivity (Wildman–Crippen MR) is 100 cm³/mol. The summed E-state index contributed by atoms with van der Waals surface area (Å²) in [7, 11) is 0. The van der Waals surface area contributed by atoms with Crippen molar-refractivity contribution in [2.24, 2.45) is 5.92 Å². The van der Waals surface area contributed by atoms with Gasteiger partial charge < -0.3 is 10.4 Å². The van der Waals surface area contributed by atoms with Crippen LogP contribution in [-0.2, 0) is 22.4 Å². The molecule has 1 amide bonds. The second-order valence-corrected chi connectivity index (χ2v) is 7.83. The molecule has 2 atom stereocenters. The Labute approximate surface area is 156 Å². The summed E-state index contributed by atoms with van der Waals surface area (Å²) in [5.41, 5.74) is 2.18. The topological polar surface area (TPSA) is 90.2 Å². The lowest BCUT2D eigenvalue weighted by Crippen LogP contribution is -2.20. The van der Waals surface area contributed by atoms with E-state index < -0.39 is 11.9 Å². The zero-order chi connectivity index (χ0) is 18.7. The molecule has 2 aromatic rings. The largest absolute Gasteiger partial charge is 0.481 e. The van der Waals surface area contributed by atoms with Crippen molar-refractivity contribution in [3.8, 4) is 6.07 Å². The number of hydrogen-bond acceptors (Lipinski definition) is 4. The van der Waals surface area contributed by atoms with Crippen LogP contribution in [0.15, 0.2) is 30.3 Å². The third-order valence-electron chi connectivity index (χ3n) is 4.77. The highest BCUT2D eigenvalue weighted by Crippen LogP contribution is 2.39. The summed E-state index contributed by atoms with van der Waals surface area (Å²) in [6.45, 7) is 2.18. The first-order valence-corrected chi connectivity index (χ1v) is 9.43. The Kier molecular flexibility index (Phi) is 5.38. The van der Waals surface area contributed by atoms with Gasteiger partial charge in [-0.3, -0.25) is 9.59 Å². The number of rotatable bonds is 5. The fourth-order valence-electron chi connectivity index (χ4n) is 3.35. The molecule has 1 aliphatic carbocycles. The molecule has 0 spiro atoms. The van der Waals surface area contributed by atoms with Gasteiger partial charge in [0.1, 0.15) is 11.1 Å². The van der Waals surface area contributed by atoms with Gasteiger partial charge in [-0.1, -0.05) is 37.3 Å². The van der Waals surface area contributed by atoms with Crippen molar-refractivity contribution in [1.29, 1.82) is 5.26 Å². The highest BCUT2D eigenvalue weighted by molar-refractivity contribution is 7.16. The van der Waals surface area contributed by atoms with Gasteiger partial charge in [0.2, 0.25) is 5.91 Å². The molecule has 0 unspecified atom stereocenters. The zero-order valence-corrected chi connectivity index (χ0v) is 15.3. The number of nitrogens with one attached hydrogen (secondary N) is 1. The van der Waals surface area contributed by atoms with Gasteiger partial charge in [-0.05, 0) is 36.3 Å². The smallest absolute Gasteiger partial charge is 0.311 e. The van der Waals surface area contributed by atoms with Crippen LogP contribution in [0.2, 0.25) is 0 Å². The minimum absolute atomic E-state index is 0.164. The molecule has 1 aromatic heterocycles.